The highest BCUT2D eigenvalue weighted by molar-refractivity contribution is 5.76. The van der Waals surface area contributed by atoms with Gasteiger partial charge in [-0.15, -0.1) is 0 Å². The van der Waals surface area contributed by atoms with Gasteiger partial charge in [0.05, 0.1) is 6.10 Å². The van der Waals surface area contributed by atoms with Crippen LogP contribution in [-0.2, 0) is 16.0 Å². The first kappa shape index (κ1) is 23.5. The summed E-state index contributed by atoms with van der Waals surface area (Å²) in [6.07, 6.45) is 13.1. The summed E-state index contributed by atoms with van der Waals surface area (Å²) in [6, 6.07) is 7.28. The summed E-state index contributed by atoms with van der Waals surface area (Å²) in [5, 5.41) is 13.3. The van der Waals surface area contributed by atoms with Crippen molar-refractivity contribution in [2.24, 2.45) is 0 Å². The number of hydrogen-bond acceptors (Lipinski definition) is 4. The van der Waals surface area contributed by atoms with Gasteiger partial charge in [0.2, 0.25) is 0 Å². The second-order valence-corrected chi connectivity index (χ2v) is 9.21. The Morgan fingerprint density at radius 3 is 2.88 bits per heavy atom. The van der Waals surface area contributed by atoms with Gasteiger partial charge < -0.3 is 15.2 Å². The van der Waals surface area contributed by atoms with E-state index in [1.165, 1.54) is 23.3 Å². The van der Waals surface area contributed by atoms with Gasteiger partial charge in [-0.25, -0.2) is 0 Å². The molecule has 0 saturated carbocycles. The van der Waals surface area contributed by atoms with Crippen molar-refractivity contribution in [1.29, 1.82) is 0 Å². The molecule has 2 aliphatic heterocycles. The zero-order valence-electron chi connectivity index (χ0n) is 19.7. The fourth-order valence-corrected chi connectivity index (χ4v) is 5.00. The van der Waals surface area contributed by atoms with Crippen LogP contribution in [0.4, 0.5) is 0 Å². The molecule has 3 aliphatic rings. The second kappa shape index (κ2) is 11.0. The minimum absolute atomic E-state index is 0.124. The fraction of sp³-hybridized carbons (Fsp3) is 0.464. The van der Waals surface area contributed by atoms with E-state index in [0.717, 1.165) is 62.0 Å². The number of nitrogens with one attached hydrogen (secondary N) is 1. The van der Waals surface area contributed by atoms with Crippen LogP contribution < -0.4 is 5.32 Å². The SMILES string of the molecule is C=C1C=C(CCCCOC2CN([C@H](C(=O)O)c3ccccc3CC)C2)C=CC2=C1NCCC2. The van der Waals surface area contributed by atoms with Crippen LogP contribution in [0.25, 0.3) is 0 Å². The Balaban J connectivity index is 1.19. The van der Waals surface area contributed by atoms with Gasteiger partial charge in [0.15, 0.2) is 0 Å². The lowest BCUT2D eigenvalue weighted by atomic mass is 9.95. The monoisotopic (exact) mass is 448 g/mol. The molecule has 0 bridgehead atoms. The minimum Gasteiger partial charge on any atom is -0.480 e. The number of rotatable bonds is 10. The average molecular weight is 449 g/mol. The number of benzene rings is 1. The van der Waals surface area contributed by atoms with E-state index in [1.54, 1.807) is 0 Å². The first-order valence-corrected chi connectivity index (χ1v) is 12.3. The highest BCUT2D eigenvalue weighted by Crippen LogP contribution is 2.30. The van der Waals surface area contributed by atoms with Crippen LogP contribution >= 0.6 is 0 Å². The maximum absolute atomic E-state index is 12.0. The van der Waals surface area contributed by atoms with Crippen molar-refractivity contribution < 1.29 is 14.6 Å². The molecule has 1 atom stereocenters. The van der Waals surface area contributed by atoms with Crippen molar-refractivity contribution in [2.45, 2.75) is 57.6 Å². The van der Waals surface area contributed by atoms with Crippen LogP contribution in [0, 0.1) is 0 Å². The number of hydrogen-bond donors (Lipinski definition) is 2. The molecule has 1 saturated heterocycles. The molecule has 1 aliphatic carbocycles. The summed E-state index contributed by atoms with van der Waals surface area (Å²) in [5.74, 6) is -0.785. The van der Waals surface area contributed by atoms with Gasteiger partial charge in [-0.2, -0.15) is 0 Å². The zero-order chi connectivity index (χ0) is 23.2. The number of aliphatic carboxylic acids is 1. The number of carboxylic acids is 1. The molecule has 0 aromatic heterocycles. The fourth-order valence-electron chi connectivity index (χ4n) is 5.00. The zero-order valence-corrected chi connectivity index (χ0v) is 19.7. The molecule has 0 amide bonds. The van der Waals surface area contributed by atoms with Gasteiger partial charge in [-0.05, 0) is 66.4 Å². The van der Waals surface area contributed by atoms with Crippen LogP contribution in [0.1, 0.15) is 56.2 Å². The maximum Gasteiger partial charge on any atom is 0.325 e. The molecule has 0 radical (unpaired) electrons. The van der Waals surface area contributed by atoms with Gasteiger partial charge in [-0.3, -0.25) is 9.69 Å². The van der Waals surface area contributed by atoms with Crippen molar-refractivity contribution >= 4 is 5.97 Å². The predicted octanol–water partition coefficient (Wildman–Crippen LogP) is 4.94. The Labute approximate surface area is 197 Å². The lowest BCUT2D eigenvalue weighted by molar-refractivity contribution is -0.151. The molecule has 1 fully saturated rings. The number of likely N-dealkylation sites (tertiary alicyclic amines) is 1. The van der Waals surface area contributed by atoms with Crippen molar-refractivity contribution in [2.75, 3.05) is 26.2 Å². The Hall–Kier alpha value is -2.63. The van der Waals surface area contributed by atoms with Gasteiger partial charge in [0.25, 0.3) is 0 Å². The number of carbonyl (C=O) groups is 1. The van der Waals surface area contributed by atoms with Gasteiger partial charge in [-0.1, -0.05) is 56.0 Å². The summed E-state index contributed by atoms with van der Waals surface area (Å²) < 4.78 is 6.04. The number of carboxylic acid groups (broad SMARTS) is 1. The van der Waals surface area contributed by atoms with Gasteiger partial charge in [0, 0.05) is 31.9 Å². The van der Waals surface area contributed by atoms with E-state index >= 15 is 0 Å². The molecule has 5 nitrogen and oxygen atoms in total. The Morgan fingerprint density at radius 1 is 1.27 bits per heavy atom. The Bertz CT molecular complexity index is 969. The first-order chi connectivity index (χ1) is 16.1. The topological polar surface area (TPSA) is 61.8 Å². The molecule has 2 N–H and O–H groups in total. The third-order valence-corrected chi connectivity index (χ3v) is 6.84. The van der Waals surface area contributed by atoms with Crippen molar-refractivity contribution in [3.63, 3.8) is 0 Å². The molecule has 33 heavy (non-hydrogen) atoms. The molecule has 2 heterocycles. The molecule has 176 valence electrons. The lowest BCUT2D eigenvalue weighted by Crippen LogP contribution is -2.55. The Morgan fingerprint density at radius 2 is 2.09 bits per heavy atom. The largest absolute Gasteiger partial charge is 0.480 e. The van der Waals surface area contributed by atoms with Gasteiger partial charge in [0.1, 0.15) is 6.04 Å². The maximum atomic E-state index is 12.0. The third-order valence-electron chi connectivity index (χ3n) is 6.84. The molecular formula is C28H36N2O3. The summed E-state index contributed by atoms with van der Waals surface area (Å²) in [4.78, 5) is 14.0. The molecule has 1 aromatic rings. The normalized spacial score (nSPS) is 19.9. The van der Waals surface area contributed by atoms with E-state index in [2.05, 4.69) is 37.0 Å². The number of unbranched alkanes of at least 4 members (excludes halogenated alkanes) is 1. The quantitative estimate of drug-likeness (QED) is 0.497. The number of ether oxygens (including phenoxy) is 1. The predicted molar refractivity (Wildman–Crippen MR) is 132 cm³/mol. The molecule has 4 rings (SSSR count). The van der Waals surface area contributed by atoms with Crippen LogP contribution in [0.15, 0.2) is 71.5 Å². The molecular weight excluding hydrogens is 412 g/mol. The van der Waals surface area contributed by atoms with E-state index in [-0.39, 0.29) is 6.10 Å². The highest BCUT2D eigenvalue weighted by atomic mass is 16.5. The van der Waals surface area contributed by atoms with E-state index in [0.29, 0.717) is 13.1 Å². The van der Waals surface area contributed by atoms with Crippen molar-refractivity contribution in [3.8, 4) is 0 Å². The summed E-state index contributed by atoms with van der Waals surface area (Å²) >= 11 is 0. The van der Waals surface area contributed by atoms with Crippen molar-refractivity contribution in [1.82, 2.24) is 10.2 Å². The average Bonchev–Trinajstić information content (AvgIpc) is 2.95. The molecule has 5 heteroatoms. The van der Waals surface area contributed by atoms with Crippen LogP contribution in [0.2, 0.25) is 0 Å². The van der Waals surface area contributed by atoms with Gasteiger partial charge >= 0.3 is 5.97 Å². The summed E-state index contributed by atoms with van der Waals surface area (Å²) in [7, 11) is 0. The molecule has 1 aromatic carbocycles. The summed E-state index contributed by atoms with van der Waals surface area (Å²) in [6.45, 7) is 9.42. The number of aryl methyl sites for hydroxylation is 1. The number of nitrogens with zero attached hydrogens (tertiary/aromatic N) is 1. The molecule has 0 unspecified atom stereocenters. The van der Waals surface area contributed by atoms with E-state index in [4.69, 9.17) is 4.74 Å². The summed E-state index contributed by atoms with van der Waals surface area (Å²) in [5.41, 5.74) is 7.01. The third kappa shape index (κ3) is 5.66. The van der Waals surface area contributed by atoms with E-state index in [1.807, 2.05) is 29.2 Å². The number of allylic oxidation sites excluding steroid dienone is 5. The second-order valence-electron chi connectivity index (χ2n) is 9.21. The smallest absolute Gasteiger partial charge is 0.325 e. The highest BCUT2D eigenvalue weighted by Gasteiger charge is 2.38. The lowest BCUT2D eigenvalue weighted by Gasteiger charge is -2.42. The van der Waals surface area contributed by atoms with Crippen LogP contribution in [0.5, 0.6) is 0 Å². The van der Waals surface area contributed by atoms with Crippen LogP contribution in [-0.4, -0.2) is 48.3 Å². The molecule has 0 spiro atoms. The Kier molecular flexibility index (Phi) is 7.84. The van der Waals surface area contributed by atoms with Crippen LogP contribution in [0.3, 0.4) is 0 Å². The first-order valence-electron chi connectivity index (χ1n) is 12.3. The van der Waals surface area contributed by atoms with Crippen molar-refractivity contribution in [3.05, 3.63) is 82.6 Å². The minimum atomic E-state index is -0.785. The van der Waals surface area contributed by atoms with E-state index < -0.39 is 12.0 Å². The van der Waals surface area contributed by atoms with E-state index in [9.17, 15) is 9.90 Å². The standard InChI is InChI=1S/C28H36N2O3/c1-3-22-10-4-5-12-25(22)27(28(31)32)30-18-24(19-30)33-16-7-6-9-21-13-14-23-11-8-15-29-26(23)20(2)17-21/h4-5,10,12-14,17,24,27,29H,2-3,6-9,11,15-16,18-19H2,1H3,(H,31,32)/t27-/m0/s1.